The molecule has 3 aliphatic rings. The van der Waals surface area contributed by atoms with Crippen LogP contribution in [0.2, 0.25) is 0 Å². The van der Waals surface area contributed by atoms with Gasteiger partial charge in [-0.3, -0.25) is 0 Å². The second-order valence-electron chi connectivity index (χ2n) is 8.44. The van der Waals surface area contributed by atoms with Crippen LogP contribution in [0.25, 0.3) is 0 Å². The molecule has 6 nitrogen and oxygen atoms in total. The molecule has 3 aromatic carbocycles. The zero-order valence-electron chi connectivity index (χ0n) is 18.1. The number of rotatable bonds is 3. The van der Waals surface area contributed by atoms with Crippen LogP contribution >= 0.6 is 0 Å². The highest BCUT2D eigenvalue weighted by atomic mass is 16.8. The van der Waals surface area contributed by atoms with Gasteiger partial charge in [0.2, 0.25) is 0 Å². The quantitative estimate of drug-likeness (QED) is 0.582. The van der Waals surface area contributed by atoms with Crippen molar-refractivity contribution in [1.29, 1.82) is 0 Å². The van der Waals surface area contributed by atoms with E-state index in [2.05, 4.69) is 0 Å². The lowest BCUT2D eigenvalue weighted by Crippen LogP contribution is -2.54. The second-order valence-corrected chi connectivity index (χ2v) is 8.44. The maximum atomic E-state index is 6.49. The highest BCUT2D eigenvalue weighted by molar-refractivity contribution is 5.19. The Morgan fingerprint density at radius 2 is 0.788 bits per heavy atom. The summed E-state index contributed by atoms with van der Waals surface area (Å²) in [6.07, 6.45) is -2.93. The Morgan fingerprint density at radius 1 is 0.424 bits per heavy atom. The van der Waals surface area contributed by atoms with Crippen molar-refractivity contribution >= 4 is 0 Å². The molecule has 0 aliphatic carbocycles. The van der Waals surface area contributed by atoms with E-state index < -0.39 is 18.9 Å². The Bertz CT molecular complexity index is 993. The van der Waals surface area contributed by atoms with E-state index in [-0.39, 0.29) is 24.4 Å². The van der Waals surface area contributed by atoms with Crippen molar-refractivity contribution in [3.8, 4) is 0 Å². The van der Waals surface area contributed by atoms with E-state index >= 15 is 0 Å². The summed E-state index contributed by atoms with van der Waals surface area (Å²) in [5.41, 5.74) is 2.87. The molecule has 3 aliphatic heterocycles. The van der Waals surface area contributed by atoms with E-state index in [1.54, 1.807) is 0 Å². The first kappa shape index (κ1) is 21.0. The molecule has 33 heavy (non-hydrogen) atoms. The second kappa shape index (κ2) is 9.35. The zero-order valence-corrected chi connectivity index (χ0v) is 18.1. The van der Waals surface area contributed by atoms with Gasteiger partial charge in [0.05, 0.1) is 13.2 Å². The molecule has 0 bridgehead atoms. The van der Waals surface area contributed by atoms with Crippen LogP contribution in [0.4, 0.5) is 0 Å². The van der Waals surface area contributed by atoms with E-state index in [4.69, 9.17) is 28.4 Å². The van der Waals surface area contributed by atoms with E-state index in [1.165, 1.54) is 0 Å². The molecule has 3 aromatic rings. The summed E-state index contributed by atoms with van der Waals surface area (Å²) in [6, 6.07) is 29.8. The summed E-state index contributed by atoms with van der Waals surface area (Å²) in [5, 5.41) is 0. The number of hydrogen-bond acceptors (Lipinski definition) is 6. The lowest BCUT2D eigenvalue weighted by Gasteiger charge is -2.42. The molecule has 0 saturated carbocycles. The average molecular weight is 446 g/mol. The molecule has 0 N–H and O–H groups in total. The van der Waals surface area contributed by atoms with E-state index in [0.29, 0.717) is 13.2 Å². The first-order valence-corrected chi connectivity index (χ1v) is 11.3. The SMILES string of the molecule is c1ccc(C2OC[C@@H]3OC(c4ccccc4)OC[C@H]4OC(c5ccccc5)O[C@H]4[C@@H]3O2)cc1. The van der Waals surface area contributed by atoms with Gasteiger partial charge in [0, 0.05) is 16.7 Å². The Hall–Kier alpha value is -2.58. The third kappa shape index (κ3) is 4.34. The fourth-order valence-electron chi connectivity index (χ4n) is 4.59. The molecule has 3 saturated heterocycles. The molecule has 3 unspecified atom stereocenters. The van der Waals surface area contributed by atoms with Gasteiger partial charge >= 0.3 is 0 Å². The molecule has 6 heteroatoms. The lowest BCUT2D eigenvalue weighted by atomic mass is 10.0. The molecule has 170 valence electrons. The summed E-state index contributed by atoms with van der Waals surface area (Å²) in [4.78, 5) is 0. The fraction of sp³-hybridized carbons (Fsp3) is 0.333. The van der Waals surface area contributed by atoms with Gasteiger partial charge < -0.3 is 28.4 Å². The van der Waals surface area contributed by atoms with Crippen LogP contribution in [0, 0.1) is 0 Å². The van der Waals surface area contributed by atoms with Gasteiger partial charge in [-0.2, -0.15) is 0 Å². The van der Waals surface area contributed by atoms with Crippen molar-refractivity contribution in [3.05, 3.63) is 108 Å². The number of ether oxygens (including phenoxy) is 6. The average Bonchev–Trinajstić information content (AvgIpc) is 3.30. The van der Waals surface area contributed by atoms with E-state index in [0.717, 1.165) is 16.7 Å². The molecule has 0 aromatic heterocycles. The number of fused-ring (bicyclic) bond motifs is 3. The normalized spacial score (nSPS) is 34.0. The van der Waals surface area contributed by atoms with Crippen molar-refractivity contribution in [2.45, 2.75) is 43.3 Å². The molecule has 3 fully saturated rings. The lowest BCUT2D eigenvalue weighted by molar-refractivity contribution is -0.324. The number of benzene rings is 3. The molecule has 7 atom stereocenters. The third-order valence-corrected chi connectivity index (χ3v) is 6.25. The third-order valence-electron chi connectivity index (χ3n) is 6.25. The minimum absolute atomic E-state index is 0.299. The Labute approximate surface area is 192 Å². The zero-order chi connectivity index (χ0) is 22.0. The Balaban J connectivity index is 1.30. The van der Waals surface area contributed by atoms with Crippen molar-refractivity contribution < 1.29 is 28.4 Å². The van der Waals surface area contributed by atoms with E-state index in [1.807, 2.05) is 91.0 Å². The first-order chi connectivity index (χ1) is 16.3. The summed E-state index contributed by atoms with van der Waals surface area (Å²) in [7, 11) is 0. The van der Waals surface area contributed by atoms with Gasteiger partial charge in [-0.05, 0) is 0 Å². The topological polar surface area (TPSA) is 55.4 Å². The minimum Gasteiger partial charge on any atom is -0.346 e. The highest BCUT2D eigenvalue weighted by Gasteiger charge is 2.50. The molecular formula is C27H26O6. The summed E-state index contributed by atoms with van der Waals surface area (Å²) >= 11 is 0. The largest absolute Gasteiger partial charge is 0.346 e. The monoisotopic (exact) mass is 446 g/mol. The smallest absolute Gasteiger partial charge is 0.184 e. The summed E-state index contributed by atoms with van der Waals surface area (Å²) in [5.74, 6) is 0. The minimum atomic E-state index is -0.542. The van der Waals surface area contributed by atoms with Crippen LogP contribution in [-0.2, 0) is 28.4 Å². The van der Waals surface area contributed by atoms with Crippen LogP contribution in [0.1, 0.15) is 35.6 Å². The van der Waals surface area contributed by atoms with Crippen molar-refractivity contribution in [2.75, 3.05) is 13.2 Å². The predicted molar refractivity (Wildman–Crippen MR) is 119 cm³/mol. The van der Waals surface area contributed by atoms with E-state index in [9.17, 15) is 0 Å². The van der Waals surface area contributed by atoms with Crippen LogP contribution in [0.3, 0.4) is 0 Å². The molecule has 0 amide bonds. The molecule has 0 radical (unpaired) electrons. The van der Waals surface area contributed by atoms with Gasteiger partial charge in [0.15, 0.2) is 18.9 Å². The number of hydrogen-bond donors (Lipinski definition) is 0. The molecule has 6 rings (SSSR count). The summed E-state index contributed by atoms with van der Waals surface area (Å²) in [6.45, 7) is 0.691. The van der Waals surface area contributed by atoms with Crippen molar-refractivity contribution in [3.63, 3.8) is 0 Å². The molecule has 3 heterocycles. The Kier molecular flexibility index (Phi) is 5.94. The first-order valence-electron chi connectivity index (χ1n) is 11.3. The summed E-state index contributed by atoms with van der Waals surface area (Å²) < 4.78 is 37.9. The van der Waals surface area contributed by atoms with Gasteiger partial charge in [-0.1, -0.05) is 91.0 Å². The van der Waals surface area contributed by atoms with Crippen LogP contribution < -0.4 is 0 Å². The van der Waals surface area contributed by atoms with Gasteiger partial charge in [0.1, 0.15) is 24.4 Å². The van der Waals surface area contributed by atoms with Crippen molar-refractivity contribution in [2.24, 2.45) is 0 Å². The van der Waals surface area contributed by atoms with Crippen LogP contribution in [0.5, 0.6) is 0 Å². The Morgan fingerprint density at radius 3 is 1.27 bits per heavy atom. The maximum Gasteiger partial charge on any atom is 0.184 e. The van der Waals surface area contributed by atoms with Gasteiger partial charge in [-0.25, -0.2) is 0 Å². The van der Waals surface area contributed by atoms with Crippen molar-refractivity contribution in [1.82, 2.24) is 0 Å². The predicted octanol–water partition coefficient (Wildman–Crippen LogP) is 4.70. The van der Waals surface area contributed by atoms with Gasteiger partial charge in [0.25, 0.3) is 0 Å². The van der Waals surface area contributed by atoms with Gasteiger partial charge in [-0.15, -0.1) is 0 Å². The molecular weight excluding hydrogens is 420 g/mol. The standard InChI is InChI=1S/C27H26O6/c1-4-10-18(11-5-1)25-28-17-22-24(33-27(31-22)20-14-8-3-9-15-20)23-21(30-25)16-29-26(32-23)19-12-6-2-7-13-19/h1-15,21-27H,16-17H2/t21-,22+,23+,24+,25?,26?,27?/m0/s1. The van der Waals surface area contributed by atoms with Crippen LogP contribution in [0.15, 0.2) is 91.0 Å². The fourth-order valence-corrected chi connectivity index (χ4v) is 4.59. The maximum absolute atomic E-state index is 6.49. The van der Waals surface area contributed by atoms with Crippen LogP contribution in [-0.4, -0.2) is 37.6 Å². The highest BCUT2D eigenvalue weighted by Crippen LogP contribution is 2.41. The molecule has 0 spiro atoms.